The Bertz CT molecular complexity index is 1110. The number of rotatable bonds is 10. The molecule has 0 heterocycles. The van der Waals surface area contributed by atoms with Gasteiger partial charge in [0.15, 0.2) is 6.61 Å². The molecular formula is C24H26N2O5S. The highest BCUT2D eigenvalue weighted by Gasteiger charge is 2.15. The fourth-order valence-corrected chi connectivity index (χ4v) is 4.07. The first-order valence-corrected chi connectivity index (χ1v) is 11.6. The molecule has 0 aliphatic carbocycles. The lowest BCUT2D eigenvalue weighted by molar-refractivity contribution is -0.118. The highest BCUT2D eigenvalue weighted by Crippen LogP contribution is 2.18. The van der Waals surface area contributed by atoms with Crippen LogP contribution in [0.3, 0.4) is 0 Å². The number of ether oxygens (including phenoxy) is 2. The summed E-state index contributed by atoms with van der Waals surface area (Å²) in [6.07, 6.45) is 0. The van der Waals surface area contributed by atoms with E-state index >= 15 is 0 Å². The van der Waals surface area contributed by atoms with Crippen LogP contribution in [-0.4, -0.2) is 27.0 Å². The fraction of sp³-hybridized carbons (Fsp3) is 0.208. The number of benzene rings is 3. The molecule has 0 bridgehead atoms. The molecule has 0 aliphatic rings. The van der Waals surface area contributed by atoms with Gasteiger partial charge in [-0.15, -0.1) is 0 Å². The Kier molecular flexibility index (Phi) is 7.86. The summed E-state index contributed by atoms with van der Waals surface area (Å²) >= 11 is 0. The Balaban J connectivity index is 1.46. The molecule has 3 aromatic carbocycles. The van der Waals surface area contributed by atoms with Crippen LogP contribution in [0.15, 0.2) is 83.8 Å². The van der Waals surface area contributed by atoms with E-state index in [4.69, 9.17) is 9.47 Å². The van der Waals surface area contributed by atoms with Crippen molar-refractivity contribution in [1.82, 2.24) is 4.72 Å². The molecule has 3 rings (SSSR count). The van der Waals surface area contributed by atoms with Crippen LogP contribution in [-0.2, 0) is 21.4 Å². The molecule has 3 aromatic rings. The summed E-state index contributed by atoms with van der Waals surface area (Å²) in [7, 11) is -3.57. The van der Waals surface area contributed by atoms with Crippen LogP contribution in [0.1, 0.15) is 19.4 Å². The Morgan fingerprint density at radius 1 is 0.844 bits per heavy atom. The lowest BCUT2D eigenvalue weighted by atomic mass is 10.2. The van der Waals surface area contributed by atoms with E-state index in [0.29, 0.717) is 23.8 Å². The number of hydrogen-bond acceptors (Lipinski definition) is 5. The normalized spacial score (nSPS) is 11.2. The van der Waals surface area contributed by atoms with Gasteiger partial charge in [-0.3, -0.25) is 4.79 Å². The number of sulfonamides is 1. The quantitative estimate of drug-likeness (QED) is 0.484. The van der Waals surface area contributed by atoms with Crippen LogP contribution in [0.5, 0.6) is 11.5 Å². The predicted molar refractivity (Wildman–Crippen MR) is 123 cm³/mol. The van der Waals surface area contributed by atoms with Gasteiger partial charge in [0.2, 0.25) is 10.0 Å². The first-order valence-electron chi connectivity index (χ1n) is 10.1. The van der Waals surface area contributed by atoms with E-state index in [1.54, 1.807) is 38.1 Å². The van der Waals surface area contributed by atoms with E-state index in [-0.39, 0.29) is 23.5 Å². The summed E-state index contributed by atoms with van der Waals surface area (Å²) in [4.78, 5) is 12.3. The zero-order valence-electron chi connectivity index (χ0n) is 17.9. The minimum Gasteiger partial charge on any atom is -0.489 e. The Morgan fingerprint density at radius 2 is 1.44 bits per heavy atom. The van der Waals surface area contributed by atoms with Crippen molar-refractivity contribution in [2.45, 2.75) is 31.4 Å². The third-order valence-corrected chi connectivity index (χ3v) is 5.96. The number of hydrogen-bond donors (Lipinski definition) is 2. The van der Waals surface area contributed by atoms with E-state index in [1.165, 1.54) is 24.3 Å². The van der Waals surface area contributed by atoms with Crippen molar-refractivity contribution in [2.24, 2.45) is 0 Å². The largest absolute Gasteiger partial charge is 0.489 e. The lowest BCUT2D eigenvalue weighted by Gasteiger charge is -2.11. The monoisotopic (exact) mass is 454 g/mol. The summed E-state index contributed by atoms with van der Waals surface area (Å²) in [5.74, 6) is 0.763. The average molecular weight is 455 g/mol. The molecule has 0 aromatic heterocycles. The van der Waals surface area contributed by atoms with Crippen LogP contribution in [0, 0.1) is 0 Å². The van der Waals surface area contributed by atoms with Crippen molar-refractivity contribution in [3.8, 4) is 11.5 Å². The van der Waals surface area contributed by atoms with Gasteiger partial charge < -0.3 is 14.8 Å². The van der Waals surface area contributed by atoms with Gasteiger partial charge in [-0.05, 0) is 67.9 Å². The molecular weight excluding hydrogens is 428 g/mol. The second kappa shape index (κ2) is 10.8. The molecule has 168 valence electrons. The number of carbonyl (C=O) groups excluding carboxylic acids is 1. The minimum absolute atomic E-state index is 0.137. The average Bonchev–Trinajstić information content (AvgIpc) is 2.77. The number of nitrogens with one attached hydrogen (secondary N) is 2. The summed E-state index contributed by atoms with van der Waals surface area (Å²) in [6, 6.07) is 22.6. The van der Waals surface area contributed by atoms with Gasteiger partial charge in [0.25, 0.3) is 5.91 Å². The third kappa shape index (κ3) is 7.11. The maximum absolute atomic E-state index is 12.2. The number of anilines is 1. The van der Waals surface area contributed by atoms with Crippen molar-refractivity contribution in [3.05, 3.63) is 84.4 Å². The minimum atomic E-state index is -3.57. The summed E-state index contributed by atoms with van der Waals surface area (Å²) in [5.41, 5.74) is 1.69. The maximum Gasteiger partial charge on any atom is 0.262 e. The number of amides is 1. The molecule has 7 nitrogen and oxygen atoms in total. The van der Waals surface area contributed by atoms with Crippen molar-refractivity contribution >= 4 is 21.6 Å². The van der Waals surface area contributed by atoms with E-state index in [9.17, 15) is 13.2 Å². The second-order valence-corrected chi connectivity index (χ2v) is 9.10. The van der Waals surface area contributed by atoms with Crippen LogP contribution in [0.4, 0.5) is 5.69 Å². The molecule has 0 atom stereocenters. The standard InChI is InChI=1S/C24H26N2O5S/c1-18(2)26-32(28,29)23-14-12-22(13-15-23)31-17-24(27)25-20-8-10-21(11-9-20)30-16-19-6-4-3-5-7-19/h3-15,18,26H,16-17H2,1-2H3,(H,25,27). The summed E-state index contributed by atoms with van der Waals surface area (Å²) < 4.78 is 38.0. The lowest BCUT2D eigenvalue weighted by Crippen LogP contribution is -2.30. The van der Waals surface area contributed by atoms with Crippen LogP contribution in [0.2, 0.25) is 0 Å². The zero-order chi connectivity index (χ0) is 23.0. The smallest absolute Gasteiger partial charge is 0.262 e. The Hall–Kier alpha value is -3.36. The van der Waals surface area contributed by atoms with Crippen molar-refractivity contribution in [1.29, 1.82) is 0 Å². The number of carbonyl (C=O) groups is 1. The fourth-order valence-electron chi connectivity index (χ4n) is 2.81. The molecule has 0 radical (unpaired) electrons. The van der Waals surface area contributed by atoms with Gasteiger partial charge in [0, 0.05) is 11.7 Å². The SMILES string of the molecule is CC(C)NS(=O)(=O)c1ccc(OCC(=O)Nc2ccc(OCc3ccccc3)cc2)cc1. The van der Waals surface area contributed by atoms with Crippen molar-refractivity contribution in [3.63, 3.8) is 0 Å². The summed E-state index contributed by atoms with van der Waals surface area (Å²) in [6.45, 7) is 3.76. The maximum atomic E-state index is 12.2. The first-order chi connectivity index (χ1) is 15.3. The first kappa shape index (κ1) is 23.3. The van der Waals surface area contributed by atoms with Gasteiger partial charge in [0.05, 0.1) is 4.90 Å². The third-order valence-electron chi connectivity index (χ3n) is 4.28. The molecule has 2 N–H and O–H groups in total. The van der Waals surface area contributed by atoms with Gasteiger partial charge >= 0.3 is 0 Å². The molecule has 0 spiro atoms. The highest BCUT2D eigenvalue weighted by atomic mass is 32.2. The molecule has 0 fully saturated rings. The van der Waals surface area contributed by atoms with E-state index in [2.05, 4.69) is 10.0 Å². The zero-order valence-corrected chi connectivity index (χ0v) is 18.8. The van der Waals surface area contributed by atoms with Crippen LogP contribution >= 0.6 is 0 Å². The Morgan fingerprint density at radius 3 is 2.06 bits per heavy atom. The molecule has 32 heavy (non-hydrogen) atoms. The Labute approximate surface area is 188 Å². The van der Waals surface area contributed by atoms with Gasteiger partial charge in [-0.25, -0.2) is 13.1 Å². The molecule has 1 amide bonds. The predicted octanol–water partition coefficient (Wildman–Crippen LogP) is 3.97. The van der Waals surface area contributed by atoms with Crippen LogP contribution in [0.25, 0.3) is 0 Å². The topological polar surface area (TPSA) is 93.7 Å². The van der Waals surface area contributed by atoms with E-state index in [0.717, 1.165) is 5.56 Å². The van der Waals surface area contributed by atoms with Gasteiger partial charge in [-0.2, -0.15) is 0 Å². The summed E-state index contributed by atoms with van der Waals surface area (Å²) in [5, 5.41) is 2.75. The molecule has 0 saturated carbocycles. The molecule has 0 aliphatic heterocycles. The van der Waals surface area contributed by atoms with E-state index < -0.39 is 10.0 Å². The van der Waals surface area contributed by atoms with Crippen LogP contribution < -0.4 is 19.5 Å². The van der Waals surface area contributed by atoms with Crippen molar-refractivity contribution < 1.29 is 22.7 Å². The van der Waals surface area contributed by atoms with Gasteiger partial charge in [-0.1, -0.05) is 30.3 Å². The highest BCUT2D eigenvalue weighted by molar-refractivity contribution is 7.89. The second-order valence-electron chi connectivity index (χ2n) is 7.38. The molecule has 0 saturated heterocycles. The van der Waals surface area contributed by atoms with Crippen molar-refractivity contribution in [2.75, 3.05) is 11.9 Å². The van der Waals surface area contributed by atoms with E-state index in [1.807, 2.05) is 30.3 Å². The molecule has 8 heteroatoms. The van der Waals surface area contributed by atoms with Gasteiger partial charge in [0.1, 0.15) is 18.1 Å². The molecule has 0 unspecified atom stereocenters.